The largest absolute Gasteiger partial charge is 0.508 e. The van der Waals surface area contributed by atoms with Gasteiger partial charge < -0.3 is 15.2 Å². The molecule has 0 amide bonds. The lowest BCUT2D eigenvalue weighted by atomic mass is 9.97. The Kier molecular flexibility index (Phi) is 3.04. The van der Waals surface area contributed by atoms with E-state index in [4.69, 9.17) is 4.74 Å². The second-order valence-corrected chi connectivity index (χ2v) is 5.65. The Labute approximate surface area is 108 Å². The number of ether oxygens (including phenoxy) is 1. The van der Waals surface area contributed by atoms with Gasteiger partial charge in [-0.1, -0.05) is 13.0 Å². The molecule has 3 nitrogen and oxygen atoms in total. The topological polar surface area (TPSA) is 41.5 Å². The van der Waals surface area contributed by atoms with Gasteiger partial charge in [-0.25, -0.2) is 0 Å². The minimum Gasteiger partial charge on any atom is -0.508 e. The van der Waals surface area contributed by atoms with Gasteiger partial charge in [0.1, 0.15) is 5.75 Å². The van der Waals surface area contributed by atoms with E-state index >= 15 is 0 Å². The van der Waals surface area contributed by atoms with E-state index in [0.717, 1.165) is 31.6 Å². The van der Waals surface area contributed by atoms with Crippen LogP contribution in [-0.4, -0.2) is 24.4 Å². The van der Waals surface area contributed by atoms with Crippen LogP contribution in [0.5, 0.6) is 5.75 Å². The molecular formula is C15H21NO2. The van der Waals surface area contributed by atoms with E-state index in [2.05, 4.69) is 19.2 Å². The van der Waals surface area contributed by atoms with Crippen LogP contribution < -0.4 is 5.32 Å². The minimum absolute atomic E-state index is 0.279. The molecule has 2 aliphatic rings. The summed E-state index contributed by atoms with van der Waals surface area (Å²) < 4.78 is 5.41. The van der Waals surface area contributed by atoms with E-state index in [1.807, 2.05) is 12.1 Å². The van der Waals surface area contributed by atoms with E-state index in [1.165, 1.54) is 11.1 Å². The highest BCUT2D eigenvalue weighted by atomic mass is 16.5. The van der Waals surface area contributed by atoms with Crippen LogP contribution in [0.15, 0.2) is 12.1 Å². The van der Waals surface area contributed by atoms with E-state index < -0.39 is 0 Å². The van der Waals surface area contributed by atoms with Gasteiger partial charge in [-0.15, -0.1) is 0 Å². The quantitative estimate of drug-likeness (QED) is 0.844. The lowest BCUT2D eigenvalue weighted by Crippen LogP contribution is -2.32. The molecule has 18 heavy (non-hydrogen) atoms. The molecule has 1 aromatic carbocycles. The fraction of sp³-hybridized carbons (Fsp3) is 0.600. The van der Waals surface area contributed by atoms with E-state index in [9.17, 15) is 5.11 Å². The Hall–Kier alpha value is -1.06. The normalized spacial score (nSPS) is 30.7. The predicted molar refractivity (Wildman–Crippen MR) is 71.0 cm³/mol. The second-order valence-electron chi connectivity index (χ2n) is 5.65. The molecule has 0 aromatic heterocycles. The molecule has 0 radical (unpaired) electrons. The summed E-state index contributed by atoms with van der Waals surface area (Å²) >= 11 is 0. The highest BCUT2D eigenvalue weighted by Crippen LogP contribution is 2.46. The number of aromatic hydroxyl groups is 1. The molecule has 3 atom stereocenters. The molecule has 3 unspecified atom stereocenters. The summed E-state index contributed by atoms with van der Waals surface area (Å²) in [5, 5.41) is 13.8. The van der Waals surface area contributed by atoms with Gasteiger partial charge in [0.25, 0.3) is 0 Å². The van der Waals surface area contributed by atoms with Crippen molar-refractivity contribution in [1.29, 1.82) is 0 Å². The summed E-state index contributed by atoms with van der Waals surface area (Å²) in [5.41, 5.74) is 3.75. The number of fused-ring (bicyclic) bond motifs is 1. The highest BCUT2D eigenvalue weighted by molar-refractivity contribution is 5.50. The van der Waals surface area contributed by atoms with Gasteiger partial charge in [-0.2, -0.15) is 0 Å². The minimum atomic E-state index is 0.279. The maximum Gasteiger partial charge on any atom is 0.120 e. The summed E-state index contributed by atoms with van der Waals surface area (Å²) in [5.74, 6) is 0.961. The van der Waals surface area contributed by atoms with Crippen molar-refractivity contribution in [3.8, 4) is 5.75 Å². The zero-order valence-electron chi connectivity index (χ0n) is 11.1. The number of hydrogen-bond donors (Lipinski definition) is 2. The number of aryl methyl sites for hydroxylation is 1. The van der Waals surface area contributed by atoms with Crippen LogP contribution in [0, 0.1) is 6.92 Å². The molecular weight excluding hydrogens is 226 g/mol. The number of nitrogens with one attached hydrogen (secondary N) is 1. The number of phenolic OH excluding ortho intramolecular Hbond substituents is 1. The lowest BCUT2D eigenvalue weighted by Gasteiger charge is -2.19. The third-order valence-electron chi connectivity index (χ3n) is 4.28. The van der Waals surface area contributed by atoms with E-state index in [0.29, 0.717) is 17.7 Å². The van der Waals surface area contributed by atoms with E-state index in [1.54, 1.807) is 0 Å². The maximum absolute atomic E-state index is 10.1. The third kappa shape index (κ3) is 1.91. The summed E-state index contributed by atoms with van der Waals surface area (Å²) in [6.07, 6.45) is 2.15. The fourth-order valence-corrected chi connectivity index (χ4v) is 3.45. The van der Waals surface area contributed by atoms with E-state index in [-0.39, 0.29) is 6.04 Å². The molecule has 1 aromatic rings. The smallest absolute Gasteiger partial charge is 0.120 e. The number of hydrogen-bond acceptors (Lipinski definition) is 3. The molecule has 3 heteroatoms. The van der Waals surface area contributed by atoms with Crippen LogP contribution in [0.25, 0.3) is 0 Å². The zero-order valence-corrected chi connectivity index (χ0v) is 11.1. The Bertz CT molecular complexity index is 452. The second kappa shape index (κ2) is 4.56. The first kappa shape index (κ1) is 12.0. The summed E-state index contributed by atoms with van der Waals surface area (Å²) in [7, 11) is 0. The Morgan fingerprint density at radius 3 is 2.89 bits per heavy atom. The fourth-order valence-electron chi connectivity index (χ4n) is 3.45. The van der Waals surface area contributed by atoms with Crippen molar-refractivity contribution in [2.75, 3.05) is 13.2 Å². The van der Waals surface area contributed by atoms with Crippen molar-refractivity contribution in [3.63, 3.8) is 0 Å². The summed E-state index contributed by atoms with van der Waals surface area (Å²) in [6.45, 7) is 6.04. The monoisotopic (exact) mass is 247 g/mol. The number of benzene rings is 1. The molecule has 1 saturated heterocycles. The van der Waals surface area contributed by atoms with Crippen molar-refractivity contribution in [2.24, 2.45) is 0 Å². The van der Waals surface area contributed by atoms with Crippen LogP contribution in [-0.2, 0) is 4.74 Å². The lowest BCUT2D eigenvalue weighted by molar-refractivity contribution is 0.187. The molecule has 3 rings (SSSR count). The van der Waals surface area contributed by atoms with Gasteiger partial charge in [-0.3, -0.25) is 0 Å². The van der Waals surface area contributed by atoms with Gasteiger partial charge in [0.2, 0.25) is 0 Å². The first-order valence-corrected chi connectivity index (χ1v) is 6.83. The van der Waals surface area contributed by atoms with Gasteiger partial charge in [0.05, 0.1) is 6.61 Å². The molecule has 1 aliphatic heterocycles. The molecule has 1 heterocycles. The van der Waals surface area contributed by atoms with Crippen molar-refractivity contribution < 1.29 is 9.84 Å². The molecule has 2 N–H and O–H groups in total. The summed E-state index contributed by atoms with van der Waals surface area (Å²) in [4.78, 5) is 0. The third-order valence-corrected chi connectivity index (χ3v) is 4.28. The first-order chi connectivity index (χ1) is 8.66. The average molecular weight is 247 g/mol. The standard InChI is InChI=1S/C15H21NO2/c1-9-3-4-13(17)15-12(7-10(2)14(9)15)16-11-5-6-18-8-11/h3-4,10-12,16-17H,5-8H2,1-2H3. The Morgan fingerprint density at radius 1 is 1.33 bits per heavy atom. The van der Waals surface area contributed by atoms with Crippen LogP contribution >= 0.6 is 0 Å². The Morgan fingerprint density at radius 2 is 2.17 bits per heavy atom. The van der Waals surface area contributed by atoms with Gasteiger partial charge in [0, 0.05) is 24.3 Å². The van der Waals surface area contributed by atoms with Gasteiger partial charge in [-0.05, 0) is 42.9 Å². The van der Waals surface area contributed by atoms with Crippen molar-refractivity contribution in [2.45, 2.75) is 44.7 Å². The molecule has 1 aliphatic carbocycles. The van der Waals surface area contributed by atoms with Gasteiger partial charge >= 0.3 is 0 Å². The maximum atomic E-state index is 10.1. The molecule has 0 saturated carbocycles. The molecule has 0 bridgehead atoms. The van der Waals surface area contributed by atoms with Crippen molar-refractivity contribution in [3.05, 3.63) is 28.8 Å². The predicted octanol–water partition coefficient (Wildman–Crippen LogP) is 2.63. The van der Waals surface area contributed by atoms with Crippen LogP contribution in [0.3, 0.4) is 0 Å². The Balaban J connectivity index is 1.90. The molecule has 1 fully saturated rings. The average Bonchev–Trinajstić information content (AvgIpc) is 2.93. The van der Waals surface area contributed by atoms with Gasteiger partial charge in [0.15, 0.2) is 0 Å². The number of phenols is 1. The van der Waals surface area contributed by atoms with Crippen molar-refractivity contribution in [1.82, 2.24) is 5.32 Å². The highest BCUT2D eigenvalue weighted by Gasteiger charge is 2.33. The summed E-state index contributed by atoms with van der Waals surface area (Å²) in [6, 6.07) is 4.56. The first-order valence-electron chi connectivity index (χ1n) is 6.83. The SMILES string of the molecule is Cc1ccc(O)c2c1C(C)CC2NC1CCOC1. The van der Waals surface area contributed by atoms with Crippen LogP contribution in [0.2, 0.25) is 0 Å². The van der Waals surface area contributed by atoms with Crippen LogP contribution in [0.1, 0.15) is 48.4 Å². The molecule has 0 spiro atoms. The molecule has 98 valence electrons. The zero-order chi connectivity index (χ0) is 12.7. The van der Waals surface area contributed by atoms with Crippen LogP contribution in [0.4, 0.5) is 0 Å². The van der Waals surface area contributed by atoms with Crippen molar-refractivity contribution >= 4 is 0 Å². The number of rotatable bonds is 2.